The van der Waals surface area contributed by atoms with Crippen LogP contribution in [0.4, 0.5) is 15.8 Å². The molecule has 11 heteroatoms. The molecule has 0 saturated carbocycles. The molecule has 2 amide bonds. The van der Waals surface area contributed by atoms with E-state index < -0.39 is 23.7 Å². The van der Waals surface area contributed by atoms with Crippen molar-refractivity contribution in [3.63, 3.8) is 0 Å². The molecule has 5 rings (SSSR count). The van der Waals surface area contributed by atoms with Crippen LogP contribution < -0.4 is 19.7 Å². The third kappa shape index (κ3) is 6.62. The SMILES string of the molecule is COc1ccc([C@@H](C(=O)Nc2ccc(N(C)C)cc2)N(Cc2ccc(F)cc2)C(=O)Cn2nnc3ccccc32)cc1OC. The van der Waals surface area contributed by atoms with Crippen molar-refractivity contribution in [1.29, 1.82) is 0 Å². The first-order valence-electron chi connectivity index (χ1n) is 13.9. The number of fused-ring (bicyclic) bond motifs is 1. The van der Waals surface area contributed by atoms with E-state index in [1.165, 1.54) is 35.9 Å². The molecule has 0 saturated heterocycles. The van der Waals surface area contributed by atoms with E-state index in [4.69, 9.17) is 9.47 Å². The molecule has 44 heavy (non-hydrogen) atoms. The zero-order chi connectivity index (χ0) is 31.2. The maximum atomic E-state index is 14.2. The number of aromatic nitrogens is 3. The van der Waals surface area contributed by atoms with Crippen molar-refractivity contribution in [2.45, 2.75) is 19.1 Å². The topological polar surface area (TPSA) is 102 Å². The smallest absolute Gasteiger partial charge is 0.251 e. The van der Waals surface area contributed by atoms with Crippen LogP contribution in [0.5, 0.6) is 11.5 Å². The molecule has 5 aromatic rings. The Bertz CT molecular complexity index is 1760. The number of anilines is 2. The number of amides is 2. The number of nitrogens with zero attached hydrogens (tertiary/aromatic N) is 5. The van der Waals surface area contributed by atoms with Gasteiger partial charge in [-0.25, -0.2) is 9.07 Å². The van der Waals surface area contributed by atoms with Crippen molar-refractivity contribution in [3.8, 4) is 11.5 Å². The highest BCUT2D eigenvalue weighted by Gasteiger charge is 2.33. The van der Waals surface area contributed by atoms with Crippen LogP contribution >= 0.6 is 0 Å². The van der Waals surface area contributed by atoms with E-state index in [1.807, 2.05) is 49.3 Å². The monoisotopic (exact) mass is 596 g/mol. The van der Waals surface area contributed by atoms with Crippen LogP contribution in [0.1, 0.15) is 17.2 Å². The summed E-state index contributed by atoms with van der Waals surface area (Å²) in [6.07, 6.45) is 0. The Labute approximate surface area is 254 Å². The van der Waals surface area contributed by atoms with E-state index in [-0.39, 0.29) is 13.1 Å². The highest BCUT2D eigenvalue weighted by atomic mass is 19.1. The molecule has 1 atom stereocenters. The van der Waals surface area contributed by atoms with Gasteiger partial charge in [0.05, 0.1) is 19.7 Å². The van der Waals surface area contributed by atoms with Crippen molar-refractivity contribution >= 4 is 34.2 Å². The number of hydrogen-bond donors (Lipinski definition) is 1. The minimum absolute atomic E-state index is 0.0116. The Hall–Kier alpha value is -5.45. The molecule has 0 aliphatic rings. The predicted molar refractivity (Wildman–Crippen MR) is 166 cm³/mol. The van der Waals surface area contributed by atoms with Crippen LogP contribution in [0.2, 0.25) is 0 Å². The molecule has 0 radical (unpaired) electrons. The zero-order valence-electron chi connectivity index (χ0n) is 24.9. The standard InChI is InChI=1S/C33H33FN6O4/c1-38(2)26-16-14-25(15-17-26)35-33(42)32(23-11-18-29(43-3)30(19-23)44-4)39(20-22-9-12-24(34)13-10-22)31(41)21-40-28-8-6-5-7-27(28)36-37-40/h5-19,32H,20-21H2,1-4H3,(H,35,42)/t32-/m0/s1. The van der Waals surface area contributed by atoms with Gasteiger partial charge in [-0.3, -0.25) is 9.59 Å². The fourth-order valence-corrected chi connectivity index (χ4v) is 4.91. The Morgan fingerprint density at radius 2 is 1.61 bits per heavy atom. The summed E-state index contributed by atoms with van der Waals surface area (Å²) >= 11 is 0. The lowest BCUT2D eigenvalue weighted by atomic mass is 10.0. The van der Waals surface area contributed by atoms with Crippen molar-refractivity contribution in [2.75, 3.05) is 38.5 Å². The molecule has 4 aromatic carbocycles. The maximum absolute atomic E-state index is 14.2. The molecular formula is C33H33FN6O4. The van der Waals surface area contributed by atoms with E-state index in [0.717, 1.165) is 5.69 Å². The number of halogens is 1. The Morgan fingerprint density at radius 1 is 0.909 bits per heavy atom. The van der Waals surface area contributed by atoms with E-state index in [9.17, 15) is 14.0 Å². The molecule has 1 heterocycles. The zero-order valence-corrected chi connectivity index (χ0v) is 24.9. The van der Waals surface area contributed by atoms with E-state index in [2.05, 4.69) is 15.6 Å². The summed E-state index contributed by atoms with van der Waals surface area (Å²) in [7, 11) is 6.88. The molecule has 0 spiro atoms. The molecule has 1 aromatic heterocycles. The lowest BCUT2D eigenvalue weighted by Crippen LogP contribution is -2.42. The highest BCUT2D eigenvalue weighted by Crippen LogP contribution is 2.34. The first kappa shape index (κ1) is 30.0. The summed E-state index contributed by atoms with van der Waals surface area (Å²) < 4.78 is 26.3. The van der Waals surface area contributed by atoms with Crippen LogP contribution in [-0.2, 0) is 22.7 Å². The van der Waals surface area contributed by atoms with Crippen molar-refractivity contribution in [2.24, 2.45) is 0 Å². The van der Waals surface area contributed by atoms with Gasteiger partial charge in [-0.1, -0.05) is 35.5 Å². The number of benzene rings is 4. The number of rotatable bonds is 11. The summed E-state index contributed by atoms with van der Waals surface area (Å²) in [5.74, 6) is -0.387. The van der Waals surface area contributed by atoms with Crippen molar-refractivity contribution < 1.29 is 23.5 Å². The Balaban J connectivity index is 1.58. The van der Waals surface area contributed by atoms with Crippen molar-refractivity contribution in [1.82, 2.24) is 19.9 Å². The Morgan fingerprint density at radius 3 is 2.30 bits per heavy atom. The molecular weight excluding hydrogens is 563 g/mol. The number of methoxy groups -OCH3 is 2. The number of carbonyl (C=O) groups excluding carboxylic acids is 2. The molecule has 0 aliphatic heterocycles. The second-order valence-electron chi connectivity index (χ2n) is 10.3. The summed E-state index contributed by atoms with van der Waals surface area (Å²) in [6, 6.07) is 24.5. The van der Waals surface area contributed by atoms with E-state index in [1.54, 1.807) is 48.5 Å². The predicted octanol–water partition coefficient (Wildman–Crippen LogP) is 5.06. The molecule has 0 aliphatic carbocycles. The lowest BCUT2D eigenvalue weighted by molar-refractivity contribution is -0.140. The lowest BCUT2D eigenvalue weighted by Gasteiger charge is -2.32. The third-order valence-corrected chi connectivity index (χ3v) is 7.23. The van der Waals surface area contributed by atoms with Gasteiger partial charge in [0.15, 0.2) is 11.5 Å². The summed E-state index contributed by atoms with van der Waals surface area (Å²) in [4.78, 5) is 31.8. The van der Waals surface area contributed by atoms with Gasteiger partial charge in [0, 0.05) is 32.0 Å². The second kappa shape index (κ2) is 13.2. The largest absolute Gasteiger partial charge is 0.493 e. The van der Waals surface area contributed by atoms with Gasteiger partial charge in [-0.05, 0) is 71.8 Å². The number of carbonyl (C=O) groups is 2. The van der Waals surface area contributed by atoms with Gasteiger partial charge in [0.2, 0.25) is 5.91 Å². The number of ether oxygens (including phenoxy) is 2. The molecule has 0 bridgehead atoms. The molecule has 226 valence electrons. The fraction of sp³-hybridized carbons (Fsp3) is 0.212. The normalized spacial score (nSPS) is 11.6. The summed E-state index contributed by atoms with van der Waals surface area (Å²) in [6.45, 7) is -0.173. The summed E-state index contributed by atoms with van der Waals surface area (Å²) in [5, 5.41) is 11.3. The van der Waals surface area contributed by atoms with Crippen LogP contribution in [0.3, 0.4) is 0 Å². The first-order chi connectivity index (χ1) is 21.3. The average molecular weight is 597 g/mol. The fourth-order valence-electron chi connectivity index (χ4n) is 4.91. The molecule has 0 fully saturated rings. The number of para-hydroxylation sites is 1. The second-order valence-corrected chi connectivity index (χ2v) is 10.3. The first-order valence-corrected chi connectivity index (χ1v) is 13.9. The van der Waals surface area contributed by atoms with Gasteiger partial charge < -0.3 is 24.6 Å². The maximum Gasteiger partial charge on any atom is 0.251 e. The van der Waals surface area contributed by atoms with E-state index in [0.29, 0.717) is 39.3 Å². The number of hydrogen-bond acceptors (Lipinski definition) is 7. The van der Waals surface area contributed by atoms with Gasteiger partial charge in [-0.15, -0.1) is 5.10 Å². The summed E-state index contributed by atoms with van der Waals surface area (Å²) in [5.41, 5.74) is 3.97. The quantitative estimate of drug-likeness (QED) is 0.227. The third-order valence-electron chi connectivity index (χ3n) is 7.23. The van der Waals surface area contributed by atoms with Crippen LogP contribution in [0.15, 0.2) is 91.0 Å². The van der Waals surface area contributed by atoms with Crippen LogP contribution in [0, 0.1) is 5.82 Å². The van der Waals surface area contributed by atoms with Crippen LogP contribution in [-0.4, -0.2) is 60.0 Å². The molecule has 1 N–H and O–H groups in total. The minimum atomic E-state index is -1.12. The molecule has 0 unspecified atom stereocenters. The molecule has 10 nitrogen and oxygen atoms in total. The van der Waals surface area contributed by atoms with Gasteiger partial charge in [0.25, 0.3) is 5.91 Å². The van der Waals surface area contributed by atoms with Gasteiger partial charge in [-0.2, -0.15) is 0 Å². The number of nitrogens with one attached hydrogen (secondary N) is 1. The van der Waals surface area contributed by atoms with Gasteiger partial charge >= 0.3 is 0 Å². The highest BCUT2D eigenvalue weighted by molar-refractivity contribution is 5.98. The van der Waals surface area contributed by atoms with E-state index >= 15 is 0 Å². The van der Waals surface area contributed by atoms with Crippen LogP contribution in [0.25, 0.3) is 11.0 Å². The average Bonchev–Trinajstić information content (AvgIpc) is 3.44. The van der Waals surface area contributed by atoms with Crippen molar-refractivity contribution in [3.05, 3.63) is 108 Å². The van der Waals surface area contributed by atoms with Gasteiger partial charge in [0.1, 0.15) is 23.9 Å². The Kier molecular flexibility index (Phi) is 9.03. The minimum Gasteiger partial charge on any atom is -0.493 e.